The fraction of sp³-hybridized carbons (Fsp3) is 0.143. The van der Waals surface area contributed by atoms with Crippen LogP contribution in [0.1, 0.15) is 10.5 Å². The molecule has 0 aromatic carbocycles. The Hall–Kier alpha value is -1.58. The predicted molar refractivity (Wildman–Crippen MR) is 35.1 cm³/mol. The first-order chi connectivity index (χ1) is 5.24. The second-order valence-electron chi connectivity index (χ2n) is 1.85. The minimum Gasteiger partial charge on any atom is -0.543 e. The maximum atomic E-state index is 10.2. The van der Waals surface area contributed by atoms with Gasteiger partial charge in [-0.05, 0) is 6.07 Å². The molecule has 0 radical (unpaired) electrons. The van der Waals surface area contributed by atoms with Crippen LogP contribution in [0.4, 0.5) is 0 Å². The number of carboxylic acids is 1. The van der Waals surface area contributed by atoms with E-state index in [-0.39, 0.29) is 11.6 Å². The van der Waals surface area contributed by atoms with Gasteiger partial charge in [0.05, 0.1) is 18.8 Å². The number of carbonyl (C=O) groups excluding carboxylic acids is 1. The molecule has 1 heterocycles. The van der Waals surface area contributed by atoms with E-state index in [1.54, 1.807) is 6.07 Å². The number of rotatable bonds is 2. The van der Waals surface area contributed by atoms with E-state index in [0.29, 0.717) is 0 Å². The highest BCUT2D eigenvalue weighted by atomic mass is 16.5. The highest BCUT2D eigenvalue weighted by Crippen LogP contribution is 2.05. The third kappa shape index (κ3) is 1.67. The predicted octanol–water partition coefficient (Wildman–Crippen LogP) is -0.546. The lowest BCUT2D eigenvalue weighted by molar-refractivity contribution is -0.255. The van der Waals surface area contributed by atoms with Gasteiger partial charge in [0.25, 0.3) is 0 Å². The Labute approximate surface area is 63.5 Å². The lowest BCUT2D eigenvalue weighted by Gasteiger charge is -2.02. The van der Waals surface area contributed by atoms with Crippen molar-refractivity contribution in [2.24, 2.45) is 0 Å². The van der Waals surface area contributed by atoms with Crippen molar-refractivity contribution in [3.63, 3.8) is 0 Å². The molecule has 0 aliphatic heterocycles. The average molecular weight is 152 g/mol. The van der Waals surface area contributed by atoms with Crippen LogP contribution >= 0.6 is 0 Å². The van der Waals surface area contributed by atoms with Gasteiger partial charge in [0.1, 0.15) is 0 Å². The molecular formula is C7H6NO3-. The zero-order valence-corrected chi connectivity index (χ0v) is 5.90. The second-order valence-corrected chi connectivity index (χ2v) is 1.85. The second kappa shape index (κ2) is 3.01. The zero-order valence-electron chi connectivity index (χ0n) is 5.90. The van der Waals surface area contributed by atoms with Crippen molar-refractivity contribution in [1.82, 2.24) is 4.98 Å². The van der Waals surface area contributed by atoms with Crippen LogP contribution in [0.2, 0.25) is 0 Å². The smallest absolute Gasteiger partial charge is 0.213 e. The number of carboxylic acid groups (broad SMARTS) is 1. The minimum atomic E-state index is -1.30. The highest BCUT2D eigenvalue weighted by molar-refractivity contribution is 5.83. The normalized spacial score (nSPS) is 9.18. The van der Waals surface area contributed by atoms with Crippen molar-refractivity contribution in [2.75, 3.05) is 7.11 Å². The zero-order chi connectivity index (χ0) is 8.27. The summed E-state index contributed by atoms with van der Waals surface area (Å²) in [5.41, 5.74) is -0.121. The summed E-state index contributed by atoms with van der Waals surface area (Å²) in [7, 11) is 1.42. The molecule has 0 saturated carbocycles. The molecule has 4 nitrogen and oxygen atoms in total. The van der Waals surface area contributed by atoms with Gasteiger partial charge in [0, 0.05) is 6.07 Å². The Morgan fingerprint density at radius 1 is 1.64 bits per heavy atom. The van der Waals surface area contributed by atoms with Crippen molar-refractivity contribution < 1.29 is 14.6 Å². The summed E-state index contributed by atoms with van der Waals surface area (Å²) in [6.45, 7) is 0. The Bertz CT molecular complexity index is 272. The van der Waals surface area contributed by atoms with E-state index in [2.05, 4.69) is 4.98 Å². The molecule has 0 aliphatic carbocycles. The summed E-state index contributed by atoms with van der Waals surface area (Å²) in [6.07, 6.45) is 0. The molecule has 58 valence electrons. The molecule has 0 N–H and O–H groups in total. The third-order valence-electron chi connectivity index (χ3n) is 1.14. The minimum absolute atomic E-state index is 0.121. The first-order valence-electron chi connectivity index (χ1n) is 2.96. The lowest BCUT2D eigenvalue weighted by Crippen LogP contribution is -2.23. The van der Waals surface area contributed by atoms with Crippen LogP contribution < -0.4 is 9.84 Å². The number of ether oxygens (including phenoxy) is 1. The molecule has 0 amide bonds. The SMILES string of the molecule is COc1cccc(C(=O)[O-])n1. The van der Waals surface area contributed by atoms with Gasteiger partial charge >= 0.3 is 0 Å². The Kier molecular flexibility index (Phi) is 2.06. The van der Waals surface area contributed by atoms with Crippen molar-refractivity contribution in [2.45, 2.75) is 0 Å². The monoisotopic (exact) mass is 152 g/mol. The number of hydrogen-bond acceptors (Lipinski definition) is 4. The Morgan fingerprint density at radius 2 is 2.36 bits per heavy atom. The molecule has 0 saturated heterocycles. The van der Waals surface area contributed by atoms with Crippen molar-refractivity contribution in [3.05, 3.63) is 23.9 Å². The summed E-state index contributed by atoms with van der Waals surface area (Å²) in [5.74, 6) is -1.03. The van der Waals surface area contributed by atoms with Gasteiger partial charge in [-0.15, -0.1) is 0 Å². The summed E-state index contributed by atoms with van der Waals surface area (Å²) in [6, 6.07) is 4.45. The van der Waals surface area contributed by atoms with E-state index in [0.717, 1.165) is 0 Å². The number of hydrogen-bond donors (Lipinski definition) is 0. The van der Waals surface area contributed by atoms with Crippen molar-refractivity contribution in [3.8, 4) is 5.88 Å². The van der Waals surface area contributed by atoms with Crippen molar-refractivity contribution >= 4 is 5.97 Å². The summed E-state index contributed by atoms with van der Waals surface area (Å²) in [4.78, 5) is 13.8. The molecule has 0 aliphatic rings. The van der Waals surface area contributed by atoms with Crippen LogP contribution in [-0.2, 0) is 0 Å². The molecule has 1 aromatic rings. The lowest BCUT2D eigenvalue weighted by atomic mass is 10.3. The molecule has 0 spiro atoms. The van der Waals surface area contributed by atoms with E-state index in [1.165, 1.54) is 19.2 Å². The number of pyridine rings is 1. The van der Waals surface area contributed by atoms with Crippen LogP contribution in [0.15, 0.2) is 18.2 Å². The first-order valence-corrected chi connectivity index (χ1v) is 2.96. The number of aromatic nitrogens is 1. The third-order valence-corrected chi connectivity index (χ3v) is 1.14. The number of carbonyl (C=O) groups is 1. The van der Waals surface area contributed by atoms with Gasteiger partial charge in [-0.1, -0.05) is 6.07 Å². The maximum Gasteiger partial charge on any atom is 0.213 e. The molecule has 0 atom stereocenters. The van der Waals surface area contributed by atoms with Crippen LogP contribution in [0.5, 0.6) is 5.88 Å². The first kappa shape index (κ1) is 7.53. The summed E-state index contributed by atoms with van der Waals surface area (Å²) < 4.78 is 4.70. The van der Waals surface area contributed by atoms with E-state index < -0.39 is 5.97 Å². The van der Waals surface area contributed by atoms with E-state index >= 15 is 0 Å². The highest BCUT2D eigenvalue weighted by Gasteiger charge is 1.95. The summed E-state index contributed by atoms with van der Waals surface area (Å²) >= 11 is 0. The molecule has 0 fully saturated rings. The van der Waals surface area contributed by atoms with Gasteiger partial charge in [-0.25, -0.2) is 4.98 Å². The molecule has 1 rings (SSSR count). The van der Waals surface area contributed by atoms with E-state index in [4.69, 9.17) is 4.74 Å². The molecule has 0 bridgehead atoms. The maximum absolute atomic E-state index is 10.2. The number of nitrogens with zero attached hydrogens (tertiary/aromatic N) is 1. The standard InChI is InChI=1S/C7H7NO3/c1-11-6-4-2-3-5(8-6)7(9)10/h2-4H,1H3,(H,9,10)/p-1. The number of methoxy groups -OCH3 is 1. The van der Waals surface area contributed by atoms with E-state index in [1.807, 2.05) is 0 Å². The molecule has 4 heteroatoms. The van der Waals surface area contributed by atoms with Gasteiger partial charge in [-0.2, -0.15) is 0 Å². The fourth-order valence-corrected chi connectivity index (χ4v) is 0.642. The van der Waals surface area contributed by atoms with Crippen LogP contribution in [0, 0.1) is 0 Å². The Balaban J connectivity index is 3.01. The quantitative estimate of drug-likeness (QED) is 0.570. The van der Waals surface area contributed by atoms with Gasteiger partial charge < -0.3 is 14.6 Å². The van der Waals surface area contributed by atoms with Crippen LogP contribution in [0.3, 0.4) is 0 Å². The molecule has 1 aromatic heterocycles. The molecule has 0 unspecified atom stereocenters. The van der Waals surface area contributed by atoms with Gasteiger partial charge in [0.2, 0.25) is 5.88 Å². The molecule has 11 heavy (non-hydrogen) atoms. The Morgan fingerprint density at radius 3 is 2.91 bits per heavy atom. The summed E-state index contributed by atoms with van der Waals surface area (Å²) in [5, 5.41) is 10.2. The van der Waals surface area contributed by atoms with Crippen LogP contribution in [-0.4, -0.2) is 18.1 Å². The van der Waals surface area contributed by atoms with Crippen LogP contribution in [0.25, 0.3) is 0 Å². The van der Waals surface area contributed by atoms with Crippen molar-refractivity contribution in [1.29, 1.82) is 0 Å². The van der Waals surface area contributed by atoms with Gasteiger partial charge in [0.15, 0.2) is 0 Å². The average Bonchev–Trinajstić information content (AvgIpc) is 2.05. The molecular weight excluding hydrogens is 146 g/mol. The largest absolute Gasteiger partial charge is 0.543 e. The van der Waals surface area contributed by atoms with Gasteiger partial charge in [-0.3, -0.25) is 0 Å². The number of aromatic carboxylic acids is 1. The topological polar surface area (TPSA) is 62.2 Å². The fourth-order valence-electron chi connectivity index (χ4n) is 0.642. The van der Waals surface area contributed by atoms with E-state index in [9.17, 15) is 9.90 Å².